The minimum atomic E-state index is 0.531. The maximum absolute atomic E-state index is 9.27. The number of fused-ring (bicyclic) bond motifs is 6. The van der Waals surface area contributed by atoms with Crippen LogP contribution in [0.25, 0.3) is 59.4 Å². The summed E-state index contributed by atoms with van der Waals surface area (Å²) in [6, 6.07) is 27.2. The van der Waals surface area contributed by atoms with Crippen LogP contribution in [0, 0.1) is 17.9 Å². The fourth-order valence-electron chi connectivity index (χ4n) is 4.62. The van der Waals surface area contributed by atoms with Crippen LogP contribution in [0.15, 0.2) is 97.6 Å². The molecule has 2 heterocycles. The first-order chi connectivity index (χ1) is 16.7. The molecule has 4 heteroatoms. The second-order valence-electron chi connectivity index (χ2n) is 8.18. The molecule has 4 aromatic carbocycles. The van der Waals surface area contributed by atoms with Gasteiger partial charge in [0.05, 0.1) is 12.1 Å². The maximum atomic E-state index is 9.27. The zero-order valence-corrected chi connectivity index (χ0v) is 18.0. The molecule has 0 saturated carbocycles. The molecule has 0 amide bonds. The van der Waals surface area contributed by atoms with Crippen molar-refractivity contribution in [1.29, 1.82) is 5.26 Å². The van der Waals surface area contributed by atoms with Crippen molar-refractivity contribution >= 4 is 38.0 Å². The minimum Gasteiger partial charge on any atom is -0.276 e. The van der Waals surface area contributed by atoms with Crippen molar-refractivity contribution < 1.29 is 0 Å². The third kappa shape index (κ3) is 3.14. The Balaban J connectivity index is 1.63. The number of rotatable bonds is 2. The highest BCUT2D eigenvalue weighted by Crippen LogP contribution is 2.39. The van der Waals surface area contributed by atoms with E-state index >= 15 is 0 Å². The summed E-state index contributed by atoms with van der Waals surface area (Å²) in [6.45, 7) is 7.30. The zero-order chi connectivity index (χ0) is 23.1. The highest BCUT2D eigenvalue weighted by atomic mass is 14.7. The van der Waals surface area contributed by atoms with Crippen molar-refractivity contribution in [2.24, 2.45) is 0 Å². The number of pyridine rings is 2. The van der Waals surface area contributed by atoms with Crippen LogP contribution in [-0.2, 0) is 0 Å². The third-order valence-electron chi connectivity index (χ3n) is 6.22. The number of nitriles is 1. The molecule has 0 aliphatic carbocycles. The van der Waals surface area contributed by atoms with Crippen molar-refractivity contribution in [2.45, 2.75) is 0 Å². The van der Waals surface area contributed by atoms with Gasteiger partial charge in [0.2, 0.25) is 5.69 Å². The maximum Gasteiger partial charge on any atom is 0.205 e. The summed E-state index contributed by atoms with van der Waals surface area (Å²) in [4.78, 5) is 12.0. The van der Waals surface area contributed by atoms with E-state index in [2.05, 4.69) is 81.5 Å². The first-order valence-electron chi connectivity index (χ1n) is 10.8. The van der Waals surface area contributed by atoms with E-state index in [-0.39, 0.29) is 0 Å². The number of hydrogen-bond donors (Lipinski definition) is 0. The second kappa shape index (κ2) is 7.81. The topological polar surface area (TPSA) is 53.9 Å². The van der Waals surface area contributed by atoms with Crippen LogP contribution >= 0.6 is 0 Å². The van der Waals surface area contributed by atoms with Crippen LogP contribution in [0.5, 0.6) is 0 Å². The Morgan fingerprint density at radius 1 is 0.588 bits per heavy atom. The number of hydrogen-bond acceptors (Lipinski definition) is 3. The Labute approximate surface area is 196 Å². The molecule has 0 aliphatic rings. The van der Waals surface area contributed by atoms with Gasteiger partial charge in [0, 0.05) is 30.4 Å². The van der Waals surface area contributed by atoms with E-state index in [4.69, 9.17) is 6.57 Å². The summed E-state index contributed by atoms with van der Waals surface area (Å²) in [6.07, 6.45) is 6.76. The Kier molecular flexibility index (Phi) is 4.51. The van der Waals surface area contributed by atoms with E-state index < -0.39 is 0 Å². The Morgan fingerprint density at radius 3 is 1.74 bits per heavy atom. The lowest BCUT2D eigenvalue weighted by molar-refractivity contribution is 1.30. The molecule has 0 aliphatic heterocycles. The molecule has 0 saturated heterocycles. The standard InChI is InChI=1S/C30H16N4/c1-32-24-11-23(17-34-18-24)21-7-9-28-27-8-6-20(22-10-19(14-31)15-33-16-22)12-29(27)25-4-2-3-5-26(25)30(28)13-21/h2-13,15-18H. The van der Waals surface area contributed by atoms with E-state index in [1.165, 1.54) is 21.5 Å². The van der Waals surface area contributed by atoms with E-state index in [1.807, 2.05) is 12.1 Å². The summed E-state index contributed by atoms with van der Waals surface area (Å²) in [5, 5.41) is 16.3. The highest BCUT2D eigenvalue weighted by Gasteiger charge is 2.12. The van der Waals surface area contributed by atoms with Gasteiger partial charge in [0.15, 0.2) is 0 Å². The summed E-state index contributed by atoms with van der Waals surface area (Å²) >= 11 is 0. The third-order valence-corrected chi connectivity index (χ3v) is 6.22. The highest BCUT2D eigenvalue weighted by molar-refractivity contribution is 6.26. The van der Waals surface area contributed by atoms with Crippen LogP contribution in [-0.4, -0.2) is 9.97 Å². The minimum absolute atomic E-state index is 0.531. The van der Waals surface area contributed by atoms with Gasteiger partial charge in [0.25, 0.3) is 0 Å². The summed E-state index contributed by atoms with van der Waals surface area (Å²) in [5.74, 6) is 0. The quantitative estimate of drug-likeness (QED) is 0.208. The number of benzene rings is 4. The molecule has 156 valence electrons. The SMILES string of the molecule is [C-]#[N+]c1cncc(-c2ccc3c4ccc(-c5cncc(C#N)c5)cc4c4ccccc4c3c2)c1. The molecule has 0 bridgehead atoms. The first-order valence-corrected chi connectivity index (χ1v) is 10.8. The van der Waals surface area contributed by atoms with Crippen LogP contribution in [0.2, 0.25) is 0 Å². The lowest BCUT2D eigenvalue weighted by Gasteiger charge is -2.13. The molecule has 4 nitrogen and oxygen atoms in total. The fraction of sp³-hybridized carbons (Fsp3) is 0. The molecule has 0 atom stereocenters. The van der Waals surface area contributed by atoms with Crippen molar-refractivity contribution in [1.82, 2.24) is 9.97 Å². The molecular weight excluding hydrogens is 416 g/mol. The van der Waals surface area contributed by atoms with Gasteiger partial charge >= 0.3 is 0 Å². The van der Waals surface area contributed by atoms with Crippen LogP contribution in [0.3, 0.4) is 0 Å². The molecule has 6 aromatic rings. The van der Waals surface area contributed by atoms with Gasteiger partial charge in [0.1, 0.15) is 6.07 Å². The van der Waals surface area contributed by atoms with Crippen molar-refractivity contribution in [2.75, 3.05) is 0 Å². The molecule has 0 fully saturated rings. The smallest absolute Gasteiger partial charge is 0.205 e. The Morgan fingerprint density at radius 2 is 1.15 bits per heavy atom. The molecule has 0 radical (unpaired) electrons. The van der Waals surface area contributed by atoms with E-state index in [1.54, 1.807) is 24.8 Å². The average Bonchev–Trinajstić information content (AvgIpc) is 2.92. The zero-order valence-electron chi connectivity index (χ0n) is 18.0. The van der Waals surface area contributed by atoms with Gasteiger partial charge in [-0.3, -0.25) is 9.97 Å². The van der Waals surface area contributed by atoms with E-state index in [0.717, 1.165) is 33.0 Å². The normalized spacial score (nSPS) is 10.9. The monoisotopic (exact) mass is 432 g/mol. The second-order valence-corrected chi connectivity index (χ2v) is 8.18. The van der Waals surface area contributed by atoms with Gasteiger partial charge in [-0.05, 0) is 73.3 Å². The van der Waals surface area contributed by atoms with Gasteiger partial charge in [-0.25, -0.2) is 4.85 Å². The van der Waals surface area contributed by atoms with Gasteiger partial charge < -0.3 is 0 Å². The van der Waals surface area contributed by atoms with Crippen molar-refractivity contribution in [3.05, 3.63) is 115 Å². The van der Waals surface area contributed by atoms with Crippen LogP contribution in [0.1, 0.15) is 5.56 Å². The predicted octanol–water partition coefficient (Wildman–Crippen LogP) is 7.69. The van der Waals surface area contributed by atoms with Crippen molar-refractivity contribution in [3.63, 3.8) is 0 Å². The summed E-state index contributed by atoms with van der Waals surface area (Å²) < 4.78 is 0. The van der Waals surface area contributed by atoms with E-state index in [9.17, 15) is 5.26 Å². The van der Waals surface area contributed by atoms with E-state index in [0.29, 0.717) is 11.3 Å². The van der Waals surface area contributed by atoms with Gasteiger partial charge in [-0.2, -0.15) is 5.26 Å². The van der Waals surface area contributed by atoms with Crippen LogP contribution in [0.4, 0.5) is 5.69 Å². The molecule has 0 spiro atoms. The molecule has 2 aromatic heterocycles. The number of nitrogens with zero attached hydrogens (tertiary/aromatic N) is 4. The Bertz CT molecular complexity index is 1680. The number of aromatic nitrogens is 2. The van der Waals surface area contributed by atoms with Crippen LogP contribution < -0.4 is 0 Å². The fourth-order valence-corrected chi connectivity index (χ4v) is 4.62. The summed E-state index contributed by atoms with van der Waals surface area (Å²) in [7, 11) is 0. The first kappa shape index (κ1) is 19.6. The summed E-state index contributed by atoms with van der Waals surface area (Å²) in [5.41, 5.74) is 4.99. The predicted molar refractivity (Wildman–Crippen MR) is 136 cm³/mol. The molecule has 34 heavy (non-hydrogen) atoms. The van der Waals surface area contributed by atoms with Crippen molar-refractivity contribution in [3.8, 4) is 28.3 Å². The average molecular weight is 432 g/mol. The van der Waals surface area contributed by atoms with Gasteiger partial charge in [-0.1, -0.05) is 48.5 Å². The largest absolute Gasteiger partial charge is 0.276 e. The molecule has 6 rings (SSSR count). The molecule has 0 unspecified atom stereocenters. The molecule has 0 N–H and O–H groups in total. The Hall–Kier alpha value is -5.06. The van der Waals surface area contributed by atoms with Gasteiger partial charge in [-0.15, -0.1) is 0 Å². The lowest BCUT2D eigenvalue weighted by atomic mass is 9.90. The molecular formula is C30H16N4. The lowest BCUT2D eigenvalue weighted by Crippen LogP contribution is -1.87.